The molecule has 0 radical (unpaired) electrons. The molecule has 2 aliphatic heterocycles. The van der Waals surface area contributed by atoms with Gasteiger partial charge in [-0.05, 0) is 53.3 Å². The van der Waals surface area contributed by atoms with Crippen LogP contribution in [-0.2, 0) is 0 Å². The molecule has 2 heterocycles. The van der Waals surface area contributed by atoms with Gasteiger partial charge in [0.1, 0.15) is 24.0 Å². The number of benzene rings is 2. The number of halogens is 1. The van der Waals surface area contributed by atoms with Crippen molar-refractivity contribution >= 4 is 22.6 Å². The molecule has 0 bridgehead atoms. The zero-order chi connectivity index (χ0) is 21.3. The van der Waals surface area contributed by atoms with Crippen molar-refractivity contribution in [3.63, 3.8) is 0 Å². The van der Waals surface area contributed by atoms with E-state index >= 15 is 0 Å². The number of nitriles is 1. The molecule has 2 aliphatic rings. The molecule has 0 amide bonds. The van der Waals surface area contributed by atoms with Crippen LogP contribution in [0.3, 0.4) is 0 Å². The van der Waals surface area contributed by atoms with Gasteiger partial charge in [0.15, 0.2) is 23.0 Å². The van der Waals surface area contributed by atoms with Crippen LogP contribution < -0.4 is 29.4 Å². The first-order chi connectivity index (χ1) is 14.6. The second-order valence-corrected chi connectivity index (χ2v) is 7.69. The second-order valence-electron chi connectivity index (χ2n) is 6.53. The lowest BCUT2D eigenvalue weighted by molar-refractivity contribution is 0.174. The van der Waals surface area contributed by atoms with Gasteiger partial charge >= 0.3 is 0 Å². The van der Waals surface area contributed by atoms with Crippen LogP contribution in [-0.4, -0.2) is 20.0 Å². The highest BCUT2D eigenvalue weighted by Gasteiger charge is 2.34. The number of allylic oxidation sites excluding steroid dienone is 1. The number of fused-ring (bicyclic) bond motifs is 2. The van der Waals surface area contributed by atoms with Gasteiger partial charge in [0, 0.05) is 11.6 Å². The number of hydrogen-bond acceptors (Lipinski definition) is 7. The molecule has 30 heavy (non-hydrogen) atoms. The fraction of sp³-hybridized carbons (Fsp3) is 0.227. The van der Waals surface area contributed by atoms with E-state index in [9.17, 15) is 5.26 Å². The summed E-state index contributed by atoms with van der Waals surface area (Å²) in [5, 5.41) is 9.83. The summed E-state index contributed by atoms with van der Waals surface area (Å²) in [6, 6.07) is 9.60. The maximum Gasteiger partial charge on any atom is 0.231 e. The first-order valence-electron chi connectivity index (χ1n) is 9.28. The number of nitrogens with zero attached hydrogens (tertiary/aromatic N) is 1. The Morgan fingerprint density at radius 2 is 2.00 bits per heavy atom. The summed E-state index contributed by atoms with van der Waals surface area (Å²) in [5.41, 5.74) is 8.02. The van der Waals surface area contributed by atoms with Crippen LogP contribution >= 0.6 is 22.6 Å². The molecule has 4 rings (SSSR count). The van der Waals surface area contributed by atoms with E-state index in [1.165, 1.54) is 0 Å². The molecule has 0 saturated heterocycles. The van der Waals surface area contributed by atoms with Crippen molar-refractivity contribution in [3.8, 4) is 34.8 Å². The zero-order valence-electron chi connectivity index (χ0n) is 16.2. The van der Waals surface area contributed by atoms with Crippen LogP contribution in [0.2, 0.25) is 0 Å². The van der Waals surface area contributed by atoms with Crippen LogP contribution in [0.1, 0.15) is 24.0 Å². The molecule has 2 N–H and O–H groups in total. The first-order valence-corrected chi connectivity index (χ1v) is 10.4. The summed E-state index contributed by atoms with van der Waals surface area (Å²) in [4.78, 5) is 0. The minimum absolute atomic E-state index is 0.0637. The van der Waals surface area contributed by atoms with Gasteiger partial charge < -0.3 is 29.4 Å². The third-order valence-electron chi connectivity index (χ3n) is 4.72. The largest absolute Gasteiger partial charge is 0.490 e. The monoisotopic (exact) mass is 518 g/mol. The molecule has 0 saturated carbocycles. The summed E-state index contributed by atoms with van der Waals surface area (Å²) in [6.45, 7) is 6.56. The van der Waals surface area contributed by atoms with Crippen LogP contribution in [0.5, 0.6) is 28.7 Å². The van der Waals surface area contributed by atoms with Crippen LogP contribution in [0.4, 0.5) is 0 Å². The average Bonchev–Trinajstić information content (AvgIpc) is 3.18. The number of nitrogens with two attached hydrogens (primary N) is 1. The van der Waals surface area contributed by atoms with Gasteiger partial charge in [-0.2, -0.15) is 5.26 Å². The minimum Gasteiger partial charge on any atom is -0.490 e. The van der Waals surface area contributed by atoms with Gasteiger partial charge in [0.2, 0.25) is 12.7 Å². The van der Waals surface area contributed by atoms with Crippen molar-refractivity contribution < 1.29 is 23.7 Å². The Bertz CT molecular complexity index is 1090. The first kappa shape index (κ1) is 20.2. The van der Waals surface area contributed by atoms with Gasteiger partial charge in [0.25, 0.3) is 0 Å². The van der Waals surface area contributed by atoms with Crippen molar-refractivity contribution in [2.75, 3.05) is 20.0 Å². The lowest BCUT2D eigenvalue weighted by Gasteiger charge is -2.27. The maximum absolute atomic E-state index is 9.83. The third kappa shape index (κ3) is 3.50. The summed E-state index contributed by atoms with van der Waals surface area (Å²) in [6.07, 6.45) is 1.67. The minimum atomic E-state index is -0.450. The van der Waals surface area contributed by atoms with Crippen molar-refractivity contribution in [1.82, 2.24) is 0 Å². The van der Waals surface area contributed by atoms with E-state index in [-0.39, 0.29) is 12.7 Å². The molecule has 0 aromatic heterocycles. The molecule has 8 heteroatoms. The molecule has 2 aromatic rings. The van der Waals surface area contributed by atoms with Crippen LogP contribution in [0, 0.1) is 14.9 Å². The normalized spacial score (nSPS) is 16.4. The van der Waals surface area contributed by atoms with E-state index in [0.29, 0.717) is 47.5 Å². The molecule has 2 aromatic carbocycles. The Morgan fingerprint density at radius 3 is 2.70 bits per heavy atom. The highest BCUT2D eigenvalue weighted by molar-refractivity contribution is 14.1. The van der Waals surface area contributed by atoms with Crippen molar-refractivity contribution in [2.45, 2.75) is 12.8 Å². The SMILES string of the molecule is C=CCOc1c(I)cc([C@H]2C(C#N)=C(N)Oc3cc4c(cc32)OCO4)cc1OCC. The Kier molecular flexibility index (Phi) is 5.63. The smallest absolute Gasteiger partial charge is 0.231 e. The molecular formula is C22H19IN2O5. The van der Waals surface area contributed by atoms with Gasteiger partial charge in [-0.3, -0.25) is 0 Å². The number of rotatable bonds is 6. The Balaban J connectivity index is 1.88. The predicted molar refractivity (Wildman–Crippen MR) is 118 cm³/mol. The van der Waals surface area contributed by atoms with E-state index in [1.807, 2.05) is 25.1 Å². The molecular weight excluding hydrogens is 499 g/mol. The Labute approximate surface area is 187 Å². The molecule has 0 spiro atoms. The highest BCUT2D eigenvalue weighted by Crippen LogP contribution is 2.49. The highest BCUT2D eigenvalue weighted by atomic mass is 127. The standard InChI is InChI=1S/C22H19IN2O5/c1-3-5-27-21-15(23)6-12(7-19(21)26-4-2)20-13-8-17-18(29-11-28-17)9-16(13)30-22(25)14(20)10-24/h3,6-9,20H,1,4-5,11,25H2,2H3/t20-/m1/s1. The van der Waals surface area contributed by atoms with Gasteiger partial charge in [0.05, 0.1) is 16.1 Å². The van der Waals surface area contributed by atoms with E-state index < -0.39 is 5.92 Å². The van der Waals surface area contributed by atoms with E-state index in [2.05, 4.69) is 35.2 Å². The summed E-state index contributed by atoms with van der Waals surface area (Å²) < 4.78 is 29.2. The van der Waals surface area contributed by atoms with Gasteiger partial charge in [-0.25, -0.2) is 0 Å². The average molecular weight is 518 g/mol. The quantitative estimate of drug-likeness (QED) is 0.453. The lowest BCUT2D eigenvalue weighted by Crippen LogP contribution is -2.21. The molecule has 1 atom stereocenters. The molecule has 7 nitrogen and oxygen atoms in total. The number of ether oxygens (including phenoxy) is 5. The predicted octanol–water partition coefficient (Wildman–Crippen LogP) is 4.20. The van der Waals surface area contributed by atoms with E-state index in [1.54, 1.807) is 12.1 Å². The van der Waals surface area contributed by atoms with Gasteiger partial charge in [-0.15, -0.1) is 0 Å². The fourth-order valence-electron chi connectivity index (χ4n) is 3.49. The van der Waals surface area contributed by atoms with Gasteiger partial charge in [-0.1, -0.05) is 12.7 Å². The van der Waals surface area contributed by atoms with E-state index in [4.69, 9.17) is 29.4 Å². The Hall–Kier alpha value is -3.06. The third-order valence-corrected chi connectivity index (χ3v) is 5.52. The summed E-state index contributed by atoms with van der Waals surface area (Å²) in [5.74, 6) is 2.55. The van der Waals surface area contributed by atoms with E-state index in [0.717, 1.165) is 14.7 Å². The lowest BCUT2D eigenvalue weighted by atomic mass is 9.83. The van der Waals surface area contributed by atoms with Crippen molar-refractivity contribution in [1.29, 1.82) is 5.26 Å². The summed E-state index contributed by atoms with van der Waals surface area (Å²) in [7, 11) is 0. The zero-order valence-corrected chi connectivity index (χ0v) is 18.4. The van der Waals surface area contributed by atoms with Crippen LogP contribution in [0.25, 0.3) is 0 Å². The van der Waals surface area contributed by atoms with Crippen LogP contribution in [0.15, 0.2) is 48.4 Å². The van der Waals surface area contributed by atoms with Crippen molar-refractivity contribution in [2.24, 2.45) is 5.73 Å². The van der Waals surface area contributed by atoms with Crippen molar-refractivity contribution in [3.05, 3.63) is 63.1 Å². The second kappa shape index (κ2) is 8.36. The number of hydrogen-bond donors (Lipinski definition) is 1. The Morgan fingerprint density at radius 1 is 1.23 bits per heavy atom. The molecule has 0 unspecified atom stereocenters. The fourth-order valence-corrected chi connectivity index (χ4v) is 4.27. The molecule has 154 valence electrons. The maximum atomic E-state index is 9.83. The summed E-state index contributed by atoms with van der Waals surface area (Å²) >= 11 is 2.20. The topological polar surface area (TPSA) is 96.0 Å². The molecule has 0 fully saturated rings. The molecule has 0 aliphatic carbocycles.